The Morgan fingerprint density at radius 2 is 1.93 bits per heavy atom. The van der Waals surface area contributed by atoms with E-state index in [0.717, 1.165) is 27.0 Å². The van der Waals surface area contributed by atoms with Crippen LogP contribution in [0.25, 0.3) is 11.8 Å². The maximum Gasteiger partial charge on any atom is 0.283 e. The number of hydrogen-bond acceptors (Lipinski definition) is 5. The van der Waals surface area contributed by atoms with Crippen LogP contribution < -0.4 is 0 Å². The van der Waals surface area contributed by atoms with Crippen molar-refractivity contribution in [2.75, 3.05) is 6.26 Å². The van der Waals surface area contributed by atoms with E-state index in [4.69, 9.17) is 5.41 Å². The predicted octanol–water partition coefficient (Wildman–Crippen LogP) is 4.65. The zero-order valence-electron chi connectivity index (χ0n) is 16.9. The molecule has 0 unspecified atom stereocenters. The second-order valence-electron chi connectivity index (χ2n) is 7.04. The summed E-state index contributed by atoms with van der Waals surface area (Å²) in [6.45, 7) is 8.25. The highest BCUT2D eigenvalue weighted by Crippen LogP contribution is 2.32. The van der Waals surface area contributed by atoms with Gasteiger partial charge >= 0.3 is 0 Å². The van der Waals surface area contributed by atoms with Crippen molar-refractivity contribution < 1.29 is 4.79 Å². The van der Waals surface area contributed by atoms with Crippen molar-refractivity contribution in [3.8, 4) is 5.69 Å². The van der Waals surface area contributed by atoms with E-state index in [-0.39, 0.29) is 11.4 Å². The molecular weight excluding hydrogens is 402 g/mol. The van der Waals surface area contributed by atoms with E-state index >= 15 is 0 Å². The molecule has 2 aliphatic rings. The van der Waals surface area contributed by atoms with Gasteiger partial charge in [0, 0.05) is 17.1 Å². The number of aliphatic imine (C=N–C) groups is 1. The molecule has 2 aliphatic heterocycles. The zero-order chi connectivity index (χ0) is 20.9. The minimum absolute atomic E-state index is 0.0630. The number of amidine groups is 2. The van der Waals surface area contributed by atoms with Crippen molar-refractivity contribution in [2.24, 2.45) is 10.1 Å². The lowest BCUT2D eigenvalue weighted by molar-refractivity contribution is -0.114. The minimum atomic E-state index is -0.400. The lowest BCUT2D eigenvalue weighted by Gasteiger charge is -2.20. The van der Waals surface area contributed by atoms with E-state index in [9.17, 15) is 4.79 Å². The predicted molar refractivity (Wildman–Crippen MR) is 123 cm³/mol. The Hall–Kier alpha value is -2.58. The van der Waals surface area contributed by atoms with Gasteiger partial charge in [-0.1, -0.05) is 12.1 Å². The molecule has 0 radical (unpaired) electrons. The third-order valence-corrected chi connectivity index (χ3v) is 6.87. The Labute approximate surface area is 178 Å². The molecule has 0 fully saturated rings. The summed E-state index contributed by atoms with van der Waals surface area (Å²) in [5, 5.41) is 14.8. The topological polar surface area (TPSA) is 73.8 Å². The van der Waals surface area contributed by atoms with Crippen LogP contribution in [-0.4, -0.2) is 37.1 Å². The van der Waals surface area contributed by atoms with E-state index < -0.39 is 5.91 Å². The number of hydrazone groups is 1. The van der Waals surface area contributed by atoms with Gasteiger partial charge in [0.25, 0.3) is 5.91 Å². The van der Waals surface area contributed by atoms with Crippen LogP contribution in [0.2, 0.25) is 0 Å². The number of rotatable bonds is 2. The second kappa shape index (κ2) is 7.35. The average molecular weight is 424 g/mol. The molecule has 1 amide bonds. The summed E-state index contributed by atoms with van der Waals surface area (Å²) in [5.74, 6) is -0.337. The van der Waals surface area contributed by atoms with Gasteiger partial charge in [-0.05, 0) is 80.6 Å². The Kier molecular flexibility index (Phi) is 5.00. The standard InChI is InChI=1S/C21H21N5OS2/c1-11-6-7-12(2)17(8-11)25-13(3)9-15(14(25)4)10-16-18(22)26-20(23-19(16)27)29-21(24-26)28-5/h6-10,22H,1-5H3. The molecule has 3 heterocycles. The number of nitrogens with zero attached hydrogens (tertiary/aromatic N) is 4. The van der Waals surface area contributed by atoms with Crippen molar-refractivity contribution in [1.82, 2.24) is 9.58 Å². The molecule has 0 aliphatic carbocycles. The molecule has 1 aromatic carbocycles. The summed E-state index contributed by atoms with van der Waals surface area (Å²) in [5.41, 5.74) is 6.74. The third kappa shape index (κ3) is 3.36. The van der Waals surface area contributed by atoms with Crippen LogP contribution in [-0.2, 0) is 4.79 Å². The number of nitrogens with one attached hydrogen (secondary N) is 1. The summed E-state index contributed by atoms with van der Waals surface area (Å²) in [6, 6.07) is 8.42. The Balaban J connectivity index is 1.78. The van der Waals surface area contributed by atoms with E-state index in [0.29, 0.717) is 5.17 Å². The van der Waals surface area contributed by atoms with Gasteiger partial charge in [0.15, 0.2) is 10.2 Å². The first-order valence-corrected chi connectivity index (χ1v) is 11.1. The molecule has 6 nitrogen and oxygen atoms in total. The van der Waals surface area contributed by atoms with Crippen molar-refractivity contribution in [2.45, 2.75) is 27.7 Å². The quantitative estimate of drug-likeness (QED) is 0.714. The molecule has 0 saturated carbocycles. The largest absolute Gasteiger partial charge is 0.318 e. The Morgan fingerprint density at radius 1 is 1.17 bits per heavy atom. The maximum absolute atomic E-state index is 12.6. The van der Waals surface area contributed by atoms with Crippen LogP contribution >= 0.6 is 23.5 Å². The fourth-order valence-electron chi connectivity index (χ4n) is 3.48. The van der Waals surface area contributed by atoms with Crippen LogP contribution in [0.5, 0.6) is 0 Å². The molecule has 1 aromatic heterocycles. The van der Waals surface area contributed by atoms with Crippen LogP contribution in [0.1, 0.15) is 28.1 Å². The van der Waals surface area contributed by atoms with Crippen LogP contribution in [0, 0.1) is 33.1 Å². The number of benzene rings is 1. The van der Waals surface area contributed by atoms with Crippen molar-refractivity contribution in [1.29, 1.82) is 5.41 Å². The van der Waals surface area contributed by atoms with E-state index in [1.54, 1.807) is 6.08 Å². The fourth-order valence-corrected chi connectivity index (χ4v) is 4.82. The molecule has 29 heavy (non-hydrogen) atoms. The molecule has 1 N–H and O–H groups in total. The second-order valence-corrected chi connectivity index (χ2v) is 9.05. The highest BCUT2D eigenvalue weighted by atomic mass is 32.2. The van der Waals surface area contributed by atoms with E-state index in [1.165, 1.54) is 39.7 Å². The Bertz CT molecular complexity index is 1160. The summed E-state index contributed by atoms with van der Waals surface area (Å²) in [4.78, 5) is 16.8. The maximum atomic E-state index is 12.6. The van der Waals surface area contributed by atoms with Gasteiger partial charge in [0.1, 0.15) is 0 Å². The van der Waals surface area contributed by atoms with Gasteiger partial charge in [-0.3, -0.25) is 10.2 Å². The summed E-state index contributed by atoms with van der Waals surface area (Å²) in [7, 11) is 0. The van der Waals surface area contributed by atoms with Gasteiger partial charge in [-0.2, -0.15) is 10.0 Å². The molecule has 2 aromatic rings. The number of carbonyl (C=O) groups is 1. The molecular formula is C21H21N5OS2. The zero-order valence-corrected chi connectivity index (χ0v) is 18.5. The van der Waals surface area contributed by atoms with Gasteiger partial charge < -0.3 is 4.57 Å². The smallest absolute Gasteiger partial charge is 0.283 e. The summed E-state index contributed by atoms with van der Waals surface area (Å²) >= 11 is 2.79. The third-order valence-electron chi connectivity index (χ3n) is 4.99. The van der Waals surface area contributed by atoms with Gasteiger partial charge in [0.05, 0.1) is 5.57 Å². The number of aromatic nitrogens is 1. The molecule has 0 bridgehead atoms. The SMILES string of the molecule is CSC1=NN2C(=N)C(=Cc3cc(C)n(-c4cc(C)ccc4C)c3C)C(=O)N=C2S1. The van der Waals surface area contributed by atoms with Crippen molar-refractivity contribution in [3.05, 3.63) is 57.9 Å². The fraction of sp³-hybridized carbons (Fsp3) is 0.238. The van der Waals surface area contributed by atoms with E-state index in [2.05, 4.69) is 46.7 Å². The summed E-state index contributed by atoms with van der Waals surface area (Å²) < 4.78 is 2.96. The van der Waals surface area contributed by atoms with E-state index in [1.807, 2.05) is 26.2 Å². The monoisotopic (exact) mass is 423 g/mol. The average Bonchev–Trinajstić information content (AvgIpc) is 3.21. The summed E-state index contributed by atoms with van der Waals surface area (Å²) in [6.07, 6.45) is 3.67. The normalized spacial score (nSPS) is 17.7. The highest BCUT2D eigenvalue weighted by Gasteiger charge is 2.35. The van der Waals surface area contributed by atoms with Crippen molar-refractivity contribution in [3.63, 3.8) is 0 Å². The number of amides is 1. The van der Waals surface area contributed by atoms with Gasteiger partial charge in [-0.25, -0.2) is 0 Å². The minimum Gasteiger partial charge on any atom is -0.318 e. The lowest BCUT2D eigenvalue weighted by atomic mass is 10.1. The molecule has 148 valence electrons. The Morgan fingerprint density at radius 3 is 2.66 bits per heavy atom. The van der Waals surface area contributed by atoms with Gasteiger partial charge in [-0.15, -0.1) is 16.9 Å². The van der Waals surface area contributed by atoms with Crippen LogP contribution in [0.15, 0.2) is 39.9 Å². The number of thioether (sulfide) groups is 2. The first-order valence-electron chi connectivity index (χ1n) is 9.11. The molecule has 0 atom stereocenters. The number of fused-ring (bicyclic) bond motifs is 1. The number of carbonyl (C=O) groups excluding carboxylic acids is 1. The lowest BCUT2D eigenvalue weighted by Crippen LogP contribution is -2.35. The number of aryl methyl sites for hydroxylation is 3. The molecule has 4 rings (SSSR count). The highest BCUT2D eigenvalue weighted by molar-refractivity contribution is 8.45. The molecule has 0 saturated heterocycles. The molecule has 8 heteroatoms. The number of hydrogen-bond donors (Lipinski definition) is 1. The van der Waals surface area contributed by atoms with Crippen molar-refractivity contribution >= 4 is 50.9 Å². The van der Waals surface area contributed by atoms with Crippen LogP contribution in [0.3, 0.4) is 0 Å². The molecule has 0 spiro atoms. The first kappa shape index (κ1) is 19.7. The first-order chi connectivity index (χ1) is 13.8. The van der Waals surface area contributed by atoms with Crippen LogP contribution in [0.4, 0.5) is 0 Å². The van der Waals surface area contributed by atoms with Gasteiger partial charge in [0.2, 0.25) is 5.17 Å².